The molecule has 0 unspecified atom stereocenters. The number of nitrogens with zero attached hydrogens (tertiary/aromatic N) is 2. The van der Waals surface area contributed by atoms with Crippen molar-refractivity contribution in [2.45, 2.75) is 33.4 Å². The molecule has 0 bridgehead atoms. The van der Waals surface area contributed by atoms with Crippen LogP contribution in [0.5, 0.6) is 0 Å². The lowest BCUT2D eigenvalue weighted by Crippen LogP contribution is -2.18. The van der Waals surface area contributed by atoms with Crippen LogP contribution in [0.3, 0.4) is 0 Å². The molecule has 0 saturated heterocycles. The van der Waals surface area contributed by atoms with Gasteiger partial charge in [-0.3, -0.25) is 9.36 Å². The van der Waals surface area contributed by atoms with Gasteiger partial charge in [0, 0.05) is 28.2 Å². The highest BCUT2D eigenvalue weighted by Crippen LogP contribution is 2.40. The van der Waals surface area contributed by atoms with Gasteiger partial charge in [-0.1, -0.05) is 40.5 Å². The van der Waals surface area contributed by atoms with Crippen LogP contribution in [0, 0.1) is 13.8 Å². The van der Waals surface area contributed by atoms with Gasteiger partial charge in [0.25, 0.3) is 5.91 Å². The van der Waals surface area contributed by atoms with Gasteiger partial charge < -0.3 is 9.63 Å². The fraction of sp³-hybridized carbons (Fsp3) is 0.192. The predicted octanol–water partition coefficient (Wildman–Crippen LogP) is 7.21. The Bertz CT molecular complexity index is 1500. The molecule has 2 aromatic heterocycles. The third-order valence-electron chi connectivity index (χ3n) is 5.61. The van der Waals surface area contributed by atoms with Gasteiger partial charge in [-0.25, -0.2) is 9.18 Å². The molecule has 0 aliphatic rings. The van der Waals surface area contributed by atoms with Crippen LogP contribution < -0.4 is 0 Å². The second kappa shape index (κ2) is 8.98. The van der Waals surface area contributed by atoms with Gasteiger partial charge >= 0.3 is 5.97 Å². The van der Waals surface area contributed by atoms with Crippen molar-refractivity contribution >= 4 is 52.1 Å². The average molecular weight is 515 g/mol. The summed E-state index contributed by atoms with van der Waals surface area (Å²) in [5, 5.41) is 14.4. The van der Waals surface area contributed by atoms with Crippen LogP contribution in [-0.4, -0.2) is 26.7 Å². The summed E-state index contributed by atoms with van der Waals surface area (Å²) in [6.07, 6.45) is 4.11. The van der Waals surface area contributed by atoms with Crippen molar-refractivity contribution in [3.8, 4) is 11.3 Å². The zero-order valence-corrected chi connectivity index (χ0v) is 20.8. The smallest absolute Gasteiger partial charge is 0.328 e. The van der Waals surface area contributed by atoms with Gasteiger partial charge in [0.2, 0.25) is 0 Å². The van der Waals surface area contributed by atoms with E-state index in [1.807, 2.05) is 0 Å². The highest BCUT2D eigenvalue weighted by molar-refractivity contribution is 6.36. The number of benzene rings is 2. The average Bonchev–Trinajstić information content (AvgIpc) is 3.33. The number of rotatable bonds is 5. The lowest BCUT2D eigenvalue weighted by molar-refractivity contribution is -0.131. The zero-order chi connectivity index (χ0) is 25.7. The number of aliphatic carboxylic acids is 1. The second-order valence-electron chi connectivity index (χ2n) is 8.69. The van der Waals surface area contributed by atoms with Crippen LogP contribution in [-0.2, 0) is 10.5 Å². The van der Waals surface area contributed by atoms with Gasteiger partial charge in [-0.2, -0.15) is 0 Å². The highest BCUT2D eigenvalue weighted by atomic mass is 35.5. The second-order valence-corrected chi connectivity index (χ2v) is 9.53. The summed E-state index contributed by atoms with van der Waals surface area (Å²) < 4.78 is 22.0. The van der Waals surface area contributed by atoms with Crippen LogP contribution in [0.1, 0.15) is 46.7 Å². The minimum absolute atomic E-state index is 0.0618. The molecule has 4 rings (SSSR count). The maximum absolute atomic E-state index is 15.2. The van der Waals surface area contributed by atoms with E-state index in [0.717, 1.165) is 11.6 Å². The van der Waals surface area contributed by atoms with Gasteiger partial charge in [0.15, 0.2) is 11.4 Å². The van der Waals surface area contributed by atoms with Gasteiger partial charge in [-0.15, -0.1) is 0 Å². The van der Waals surface area contributed by atoms with E-state index in [4.69, 9.17) is 32.8 Å². The number of carbonyl (C=O) groups excluding carboxylic acids is 1. The SMILES string of the molecule is Cc1cc(Cl)cc(Cl)c1-c1noc(C(C)(C)F)c1C(=O)n1cc(C)c2c(/C=C/C(=O)O)cccc21. The van der Waals surface area contributed by atoms with Crippen LogP contribution in [0.2, 0.25) is 10.0 Å². The van der Waals surface area contributed by atoms with Crippen molar-refractivity contribution in [1.82, 2.24) is 9.72 Å². The Balaban J connectivity index is 1.98. The van der Waals surface area contributed by atoms with Crippen molar-refractivity contribution < 1.29 is 23.6 Å². The molecule has 2 heterocycles. The van der Waals surface area contributed by atoms with E-state index >= 15 is 4.39 Å². The molecule has 0 atom stereocenters. The molecule has 2 aromatic carbocycles. The van der Waals surface area contributed by atoms with Crippen LogP contribution >= 0.6 is 23.2 Å². The number of carboxylic acids is 1. The van der Waals surface area contributed by atoms with Crippen LogP contribution in [0.25, 0.3) is 28.2 Å². The molecule has 180 valence electrons. The largest absolute Gasteiger partial charge is 0.478 e. The van der Waals surface area contributed by atoms with Crippen molar-refractivity contribution in [2.24, 2.45) is 0 Å². The maximum atomic E-state index is 15.2. The first-order valence-electron chi connectivity index (χ1n) is 10.6. The van der Waals surface area contributed by atoms with Crippen molar-refractivity contribution in [3.63, 3.8) is 0 Å². The number of fused-ring (bicyclic) bond motifs is 1. The molecule has 0 fully saturated rings. The quantitative estimate of drug-likeness (QED) is 0.284. The normalized spacial score (nSPS) is 12.1. The number of halogens is 3. The Kier molecular flexibility index (Phi) is 6.34. The fourth-order valence-electron chi connectivity index (χ4n) is 4.17. The Labute approximate surface area is 210 Å². The molecule has 1 N–H and O–H groups in total. The number of hydrogen-bond acceptors (Lipinski definition) is 4. The van der Waals surface area contributed by atoms with Crippen molar-refractivity contribution in [2.75, 3.05) is 0 Å². The monoisotopic (exact) mass is 514 g/mol. The van der Waals surface area contributed by atoms with Gasteiger partial charge in [0.1, 0.15) is 11.3 Å². The van der Waals surface area contributed by atoms with E-state index in [0.29, 0.717) is 32.6 Å². The molecule has 0 aliphatic carbocycles. The summed E-state index contributed by atoms with van der Waals surface area (Å²) in [7, 11) is 0. The summed E-state index contributed by atoms with van der Waals surface area (Å²) in [5.41, 5.74) is 0.968. The van der Waals surface area contributed by atoms with E-state index in [9.17, 15) is 9.59 Å². The molecule has 0 spiro atoms. The topological polar surface area (TPSA) is 85.3 Å². The summed E-state index contributed by atoms with van der Waals surface area (Å²) in [5.74, 6) is -1.89. The van der Waals surface area contributed by atoms with Crippen LogP contribution in [0.15, 0.2) is 47.1 Å². The third-order valence-corrected chi connectivity index (χ3v) is 6.13. The van der Waals surface area contributed by atoms with E-state index in [2.05, 4.69) is 5.16 Å². The number of aryl methyl sites for hydroxylation is 2. The van der Waals surface area contributed by atoms with Crippen LogP contribution in [0.4, 0.5) is 4.39 Å². The summed E-state index contributed by atoms with van der Waals surface area (Å²) >= 11 is 12.6. The lowest BCUT2D eigenvalue weighted by Gasteiger charge is -2.14. The Morgan fingerprint density at radius 1 is 1.17 bits per heavy atom. The molecule has 35 heavy (non-hydrogen) atoms. The van der Waals surface area contributed by atoms with E-state index in [-0.39, 0.29) is 22.0 Å². The van der Waals surface area contributed by atoms with Crippen molar-refractivity contribution in [1.29, 1.82) is 0 Å². The fourth-order valence-corrected chi connectivity index (χ4v) is 4.86. The third kappa shape index (κ3) is 4.49. The summed E-state index contributed by atoms with van der Waals surface area (Å²) in [6.45, 7) is 6.11. The van der Waals surface area contributed by atoms with E-state index in [1.54, 1.807) is 44.3 Å². The molecule has 0 radical (unpaired) electrons. The van der Waals surface area contributed by atoms with E-state index in [1.165, 1.54) is 30.6 Å². The number of alkyl halides is 1. The minimum Gasteiger partial charge on any atom is -0.478 e. The maximum Gasteiger partial charge on any atom is 0.328 e. The number of carbonyl (C=O) groups is 2. The lowest BCUT2D eigenvalue weighted by atomic mass is 9.96. The first-order chi connectivity index (χ1) is 16.4. The Morgan fingerprint density at radius 2 is 1.89 bits per heavy atom. The zero-order valence-electron chi connectivity index (χ0n) is 19.3. The molecular weight excluding hydrogens is 494 g/mol. The molecule has 0 saturated carbocycles. The van der Waals surface area contributed by atoms with Crippen molar-refractivity contribution in [3.05, 3.63) is 80.7 Å². The molecule has 6 nitrogen and oxygen atoms in total. The first kappa shape index (κ1) is 24.7. The molecule has 9 heteroatoms. The summed E-state index contributed by atoms with van der Waals surface area (Å²) in [6, 6.07) is 8.38. The van der Waals surface area contributed by atoms with E-state index < -0.39 is 17.5 Å². The highest BCUT2D eigenvalue weighted by Gasteiger charge is 2.36. The predicted molar refractivity (Wildman–Crippen MR) is 134 cm³/mol. The summed E-state index contributed by atoms with van der Waals surface area (Å²) in [4.78, 5) is 25.0. The molecular formula is C26H21Cl2FN2O4. The van der Waals surface area contributed by atoms with Gasteiger partial charge in [-0.05, 0) is 68.7 Å². The van der Waals surface area contributed by atoms with Gasteiger partial charge in [0.05, 0.1) is 10.5 Å². The standard InChI is InChI=1S/C26H21Cl2FN2O4/c1-13-10-16(27)11-17(28)21(13)23-22(24(35-30-23)26(3,4)29)25(34)31-12-14(2)20-15(8-9-19(32)33)6-5-7-18(20)31/h5-12H,1-4H3,(H,32,33)/b9-8+. The Morgan fingerprint density at radius 3 is 2.51 bits per heavy atom. The number of carboxylic acid groups (broad SMARTS) is 1. The number of aromatic nitrogens is 2. The minimum atomic E-state index is -2.02. The first-order valence-corrected chi connectivity index (χ1v) is 11.4. The molecule has 0 amide bonds. The molecule has 4 aromatic rings. The Hall–Kier alpha value is -3.42. The molecule has 0 aliphatic heterocycles. The number of hydrogen-bond donors (Lipinski definition) is 1.